The van der Waals surface area contributed by atoms with Crippen LogP contribution in [-0.2, 0) is 21.2 Å². The Hall–Kier alpha value is -2.14. The highest BCUT2D eigenvalue weighted by Gasteiger charge is 2.18. The van der Waals surface area contributed by atoms with Gasteiger partial charge in [0.2, 0.25) is 5.91 Å². The minimum Gasteiger partial charge on any atom is -0.324 e. The Morgan fingerprint density at radius 2 is 2.10 bits per heavy atom. The summed E-state index contributed by atoms with van der Waals surface area (Å²) in [5.74, 6) is -0.451. The number of thiophene rings is 1. The Kier molecular flexibility index (Phi) is 6.95. The zero-order valence-electron chi connectivity index (χ0n) is 17.1. The predicted octanol–water partition coefficient (Wildman–Crippen LogP) is 4.05. The summed E-state index contributed by atoms with van der Waals surface area (Å²) in [5.41, 5.74) is 0.940. The normalized spacial score (nSPS) is 11.6. The number of benzene rings is 1. The molecule has 0 saturated heterocycles. The molecule has 31 heavy (non-hydrogen) atoms. The van der Waals surface area contributed by atoms with Crippen molar-refractivity contribution in [1.82, 2.24) is 9.55 Å². The molecular weight excluding hydrogens is 478 g/mol. The third-order valence-corrected chi connectivity index (χ3v) is 8.06. The Morgan fingerprint density at radius 1 is 1.39 bits per heavy atom. The van der Waals surface area contributed by atoms with Gasteiger partial charge in [0.15, 0.2) is 15.0 Å². The maximum absolute atomic E-state index is 13.0. The van der Waals surface area contributed by atoms with Crippen LogP contribution in [0.2, 0.25) is 5.02 Å². The number of halogens is 1. The minimum atomic E-state index is -3.44. The van der Waals surface area contributed by atoms with Gasteiger partial charge in [0.05, 0.1) is 26.7 Å². The summed E-state index contributed by atoms with van der Waals surface area (Å²) in [6.45, 7) is 7.79. The quantitative estimate of drug-likeness (QED) is 0.300. The molecule has 0 spiro atoms. The van der Waals surface area contributed by atoms with Gasteiger partial charge in [-0.05, 0) is 37.6 Å². The SMILES string of the molecule is C=CCn1c(SCC(=O)Nc2cc(S(C)(=O)=O)ccc2Cl)nc2sc(C)c(C)c2c1=O. The number of nitrogens with zero attached hydrogens (tertiary/aromatic N) is 2. The molecule has 0 atom stereocenters. The highest BCUT2D eigenvalue weighted by Crippen LogP contribution is 2.29. The van der Waals surface area contributed by atoms with Crippen molar-refractivity contribution in [2.24, 2.45) is 0 Å². The molecule has 0 fully saturated rings. The molecule has 0 bridgehead atoms. The van der Waals surface area contributed by atoms with Crippen molar-refractivity contribution in [3.63, 3.8) is 0 Å². The molecule has 0 aliphatic heterocycles. The van der Waals surface area contributed by atoms with Gasteiger partial charge in [0, 0.05) is 17.7 Å². The molecule has 164 valence electrons. The summed E-state index contributed by atoms with van der Waals surface area (Å²) in [7, 11) is -3.44. The van der Waals surface area contributed by atoms with Crippen LogP contribution in [0.25, 0.3) is 10.2 Å². The first-order valence-corrected chi connectivity index (χ1v) is 13.1. The van der Waals surface area contributed by atoms with E-state index >= 15 is 0 Å². The van der Waals surface area contributed by atoms with Crippen molar-refractivity contribution in [3.8, 4) is 0 Å². The van der Waals surface area contributed by atoms with E-state index in [2.05, 4.69) is 16.9 Å². The van der Waals surface area contributed by atoms with Gasteiger partial charge < -0.3 is 5.32 Å². The van der Waals surface area contributed by atoms with Crippen LogP contribution in [0.3, 0.4) is 0 Å². The molecule has 11 heteroatoms. The second-order valence-corrected chi connectivity index (χ2v) is 11.4. The molecule has 0 aliphatic carbocycles. The minimum absolute atomic E-state index is 0.0438. The number of sulfone groups is 1. The van der Waals surface area contributed by atoms with Crippen molar-refractivity contribution in [2.75, 3.05) is 17.3 Å². The second kappa shape index (κ2) is 9.15. The third kappa shape index (κ3) is 5.03. The van der Waals surface area contributed by atoms with Crippen LogP contribution in [0.15, 0.2) is 45.7 Å². The molecule has 0 aliphatic rings. The molecule has 3 aromatic rings. The summed E-state index contributed by atoms with van der Waals surface area (Å²) in [5, 5.41) is 3.83. The fourth-order valence-corrected chi connectivity index (χ4v) is 5.55. The molecule has 0 radical (unpaired) electrons. The number of carbonyl (C=O) groups excluding carboxylic acids is 1. The van der Waals surface area contributed by atoms with Gasteiger partial charge in [0.1, 0.15) is 4.83 Å². The van der Waals surface area contributed by atoms with Crippen LogP contribution in [0.5, 0.6) is 0 Å². The smallest absolute Gasteiger partial charge is 0.263 e. The lowest BCUT2D eigenvalue weighted by molar-refractivity contribution is -0.113. The molecule has 2 heterocycles. The van der Waals surface area contributed by atoms with E-state index in [1.165, 1.54) is 34.1 Å². The molecule has 0 saturated carbocycles. The zero-order chi connectivity index (χ0) is 22.9. The molecule has 7 nitrogen and oxygen atoms in total. The molecule has 0 unspecified atom stereocenters. The monoisotopic (exact) mass is 497 g/mol. The Balaban J connectivity index is 1.86. The van der Waals surface area contributed by atoms with Crippen LogP contribution < -0.4 is 10.9 Å². The van der Waals surface area contributed by atoms with Crippen molar-refractivity contribution < 1.29 is 13.2 Å². The van der Waals surface area contributed by atoms with Gasteiger partial charge in [0.25, 0.3) is 5.56 Å². The lowest BCUT2D eigenvalue weighted by Gasteiger charge is -2.11. The molecule has 1 amide bonds. The fraction of sp³-hybridized carbons (Fsp3) is 0.250. The number of rotatable bonds is 7. The van der Waals surface area contributed by atoms with E-state index in [0.29, 0.717) is 15.4 Å². The van der Waals surface area contributed by atoms with Crippen molar-refractivity contribution in [1.29, 1.82) is 0 Å². The molecule has 3 rings (SSSR count). The Labute approximate surface area is 193 Å². The lowest BCUT2D eigenvalue weighted by atomic mass is 10.2. The summed E-state index contributed by atoms with van der Waals surface area (Å²) >= 11 is 8.64. The number of fused-ring (bicyclic) bond motifs is 1. The van der Waals surface area contributed by atoms with Crippen molar-refractivity contribution >= 4 is 66.3 Å². The number of nitrogens with one attached hydrogen (secondary N) is 1. The van der Waals surface area contributed by atoms with E-state index < -0.39 is 15.7 Å². The van der Waals surface area contributed by atoms with Gasteiger partial charge in [-0.3, -0.25) is 14.2 Å². The van der Waals surface area contributed by atoms with Crippen molar-refractivity contribution in [3.05, 3.63) is 56.7 Å². The van der Waals surface area contributed by atoms with Gasteiger partial charge in [-0.15, -0.1) is 17.9 Å². The number of allylic oxidation sites excluding steroid dienone is 1. The highest BCUT2D eigenvalue weighted by molar-refractivity contribution is 7.99. The maximum atomic E-state index is 13.0. The van der Waals surface area contributed by atoms with Crippen LogP contribution in [0, 0.1) is 13.8 Å². The molecule has 2 aromatic heterocycles. The highest BCUT2D eigenvalue weighted by atomic mass is 35.5. The van der Waals surface area contributed by atoms with E-state index in [4.69, 9.17) is 11.6 Å². The number of amides is 1. The zero-order valence-corrected chi connectivity index (χ0v) is 20.3. The first-order chi connectivity index (χ1) is 14.5. The topological polar surface area (TPSA) is 98.1 Å². The van der Waals surface area contributed by atoms with Crippen LogP contribution >= 0.6 is 34.7 Å². The Morgan fingerprint density at radius 3 is 2.74 bits per heavy atom. The average molecular weight is 498 g/mol. The van der Waals surface area contributed by atoms with E-state index in [1.54, 1.807) is 6.08 Å². The van der Waals surface area contributed by atoms with Crippen LogP contribution in [0.1, 0.15) is 10.4 Å². The van der Waals surface area contributed by atoms with Gasteiger partial charge in [-0.2, -0.15) is 0 Å². The number of carbonyl (C=O) groups is 1. The number of thioether (sulfide) groups is 1. The van der Waals surface area contributed by atoms with E-state index in [0.717, 1.165) is 28.5 Å². The van der Waals surface area contributed by atoms with E-state index in [1.807, 2.05) is 13.8 Å². The standard InChI is InChI=1S/C20H20ClN3O4S3/c1-5-8-24-19(26)17-11(2)12(3)30-18(17)23-20(24)29-10-16(25)22-15-9-13(31(4,27)28)6-7-14(15)21/h5-7,9H,1,8,10H2,2-4H3,(H,22,25). The Bertz CT molecular complexity index is 1360. The largest absolute Gasteiger partial charge is 0.324 e. The van der Waals surface area contributed by atoms with Gasteiger partial charge in [-0.25, -0.2) is 13.4 Å². The molecule has 1 N–H and O–H groups in total. The van der Waals surface area contributed by atoms with Crippen molar-refractivity contribution in [2.45, 2.75) is 30.4 Å². The maximum Gasteiger partial charge on any atom is 0.263 e. The summed E-state index contributed by atoms with van der Waals surface area (Å²) in [6.07, 6.45) is 2.68. The third-order valence-electron chi connectivity index (χ3n) is 4.54. The lowest BCUT2D eigenvalue weighted by Crippen LogP contribution is -2.23. The number of aromatic nitrogens is 2. The van der Waals surface area contributed by atoms with Gasteiger partial charge >= 0.3 is 0 Å². The van der Waals surface area contributed by atoms with E-state index in [9.17, 15) is 18.0 Å². The number of hydrogen-bond donors (Lipinski definition) is 1. The molecular formula is C20H20ClN3O4S3. The van der Waals surface area contributed by atoms with Crippen LogP contribution in [-0.4, -0.2) is 35.9 Å². The summed E-state index contributed by atoms with van der Waals surface area (Å²) in [4.78, 5) is 31.8. The summed E-state index contributed by atoms with van der Waals surface area (Å²) < 4.78 is 25.0. The van der Waals surface area contributed by atoms with Crippen LogP contribution in [0.4, 0.5) is 5.69 Å². The summed E-state index contributed by atoms with van der Waals surface area (Å²) in [6, 6.07) is 4.11. The predicted molar refractivity (Wildman–Crippen MR) is 127 cm³/mol. The fourth-order valence-electron chi connectivity index (χ4n) is 2.86. The van der Waals surface area contributed by atoms with Gasteiger partial charge in [-0.1, -0.05) is 29.4 Å². The first kappa shape index (κ1) is 23.5. The number of anilines is 1. The first-order valence-electron chi connectivity index (χ1n) is 9.06. The molecule has 1 aromatic carbocycles. The number of aryl methyl sites for hydroxylation is 2. The average Bonchev–Trinajstić information content (AvgIpc) is 2.97. The van der Waals surface area contributed by atoms with E-state index in [-0.39, 0.29) is 33.5 Å². The number of hydrogen-bond acceptors (Lipinski definition) is 7. The second-order valence-electron chi connectivity index (χ2n) is 6.81.